The van der Waals surface area contributed by atoms with Gasteiger partial charge in [-0.1, -0.05) is 11.2 Å². The first-order valence-corrected chi connectivity index (χ1v) is 9.07. The molecule has 2 aromatic heterocycles. The van der Waals surface area contributed by atoms with E-state index in [4.69, 9.17) is 4.52 Å². The van der Waals surface area contributed by atoms with Crippen molar-refractivity contribution in [3.05, 3.63) is 48.4 Å². The Morgan fingerprint density at radius 1 is 1.23 bits per heavy atom. The second-order valence-corrected chi connectivity index (χ2v) is 7.02. The van der Waals surface area contributed by atoms with Crippen molar-refractivity contribution in [2.45, 2.75) is 19.1 Å². The lowest BCUT2D eigenvalue weighted by molar-refractivity contribution is -0.115. The van der Waals surface area contributed by atoms with Crippen molar-refractivity contribution < 1.29 is 14.1 Å². The third-order valence-electron chi connectivity index (χ3n) is 3.63. The summed E-state index contributed by atoms with van der Waals surface area (Å²) in [5.74, 6) is 0.731. The van der Waals surface area contributed by atoms with Crippen LogP contribution in [0.15, 0.2) is 47.1 Å². The van der Waals surface area contributed by atoms with Gasteiger partial charge in [-0.25, -0.2) is 0 Å². The molecule has 3 aromatic rings. The third kappa shape index (κ3) is 4.40. The second-order valence-electron chi connectivity index (χ2n) is 5.69. The zero-order valence-corrected chi connectivity index (χ0v) is 15.2. The Bertz CT molecular complexity index is 936. The van der Waals surface area contributed by atoms with Gasteiger partial charge in [-0.05, 0) is 38.1 Å². The molecule has 2 amide bonds. The molecule has 1 atom stereocenters. The highest BCUT2D eigenvalue weighted by Gasteiger charge is 2.17. The molecular weight excluding hydrogens is 352 g/mol. The highest BCUT2D eigenvalue weighted by molar-refractivity contribution is 8.01. The summed E-state index contributed by atoms with van der Waals surface area (Å²) < 4.78 is 4.90. The number of hydrogen-bond donors (Lipinski definition) is 2. The Labute approximate surface area is 154 Å². The minimum absolute atomic E-state index is 0.156. The molecule has 0 aliphatic carbocycles. The summed E-state index contributed by atoms with van der Waals surface area (Å²) in [7, 11) is 0. The summed E-state index contributed by atoms with van der Waals surface area (Å²) >= 11 is 1.25. The van der Waals surface area contributed by atoms with Crippen molar-refractivity contribution in [1.29, 1.82) is 0 Å². The molecular formula is C18H18N4O3S. The van der Waals surface area contributed by atoms with E-state index in [1.165, 1.54) is 11.8 Å². The summed E-state index contributed by atoms with van der Waals surface area (Å²) in [6.45, 7) is 3.48. The van der Waals surface area contributed by atoms with Crippen molar-refractivity contribution in [3.8, 4) is 0 Å². The summed E-state index contributed by atoms with van der Waals surface area (Å²) in [5, 5.41) is 9.71. The predicted molar refractivity (Wildman–Crippen MR) is 102 cm³/mol. The first kappa shape index (κ1) is 17.9. The van der Waals surface area contributed by atoms with Gasteiger partial charge in [0.1, 0.15) is 5.76 Å². The van der Waals surface area contributed by atoms with Crippen molar-refractivity contribution in [2.75, 3.05) is 16.4 Å². The standard InChI is InChI=1S/C18H18N4O3S/c1-11-9-16(22-25-11)21-18(24)12(2)26-10-17(23)20-15-7-3-6-14-13(15)5-4-8-19-14/h3-9,12H,10H2,1-2H3,(H,20,23)(H,21,22,24)/t12-/m0/s1. The van der Waals surface area contributed by atoms with Gasteiger partial charge < -0.3 is 15.2 Å². The molecule has 7 nitrogen and oxygen atoms in total. The van der Waals surface area contributed by atoms with Gasteiger partial charge in [-0.2, -0.15) is 0 Å². The molecule has 0 unspecified atom stereocenters. The molecule has 0 radical (unpaired) electrons. The van der Waals surface area contributed by atoms with E-state index in [1.807, 2.05) is 30.3 Å². The first-order valence-electron chi connectivity index (χ1n) is 8.02. The number of benzene rings is 1. The number of aromatic nitrogens is 2. The lowest BCUT2D eigenvalue weighted by Gasteiger charge is -2.11. The maximum Gasteiger partial charge on any atom is 0.238 e. The number of rotatable bonds is 6. The van der Waals surface area contributed by atoms with Gasteiger partial charge in [-0.15, -0.1) is 11.8 Å². The molecule has 26 heavy (non-hydrogen) atoms. The van der Waals surface area contributed by atoms with Crippen molar-refractivity contribution in [3.63, 3.8) is 0 Å². The van der Waals surface area contributed by atoms with Gasteiger partial charge in [0.25, 0.3) is 0 Å². The number of aryl methyl sites for hydroxylation is 1. The lowest BCUT2D eigenvalue weighted by Crippen LogP contribution is -2.25. The summed E-state index contributed by atoms with van der Waals surface area (Å²) in [6, 6.07) is 10.9. The molecule has 0 saturated carbocycles. The van der Waals surface area contributed by atoms with Crippen LogP contribution >= 0.6 is 11.8 Å². The molecule has 0 spiro atoms. The van der Waals surface area contributed by atoms with E-state index in [-0.39, 0.29) is 17.6 Å². The van der Waals surface area contributed by atoms with Crippen LogP contribution in [-0.4, -0.2) is 33.0 Å². The fourth-order valence-corrected chi connectivity index (χ4v) is 3.01. The van der Waals surface area contributed by atoms with E-state index < -0.39 is 5.25 Å². The Hall–Kier alpha value is -2.87. The van der Waals surface area contributed by atoms with Gasteiger partial charge in [0, 0.05) is 17.6 Å². The van der Waals surface area contributed by atoms with Crippen LogP contribution in [0.2, 0.25) is 0 Å². The Kier molecular flexibility index (Phi) is 5.52. The maximum atomic E-state index is 12.2. The fourth-order valence-electron chi connectivity index (χ4n) is 2.33. The van der Waals surface area contributed by atoms with E-state index in [1.54, 1.807) is 26.1 Å². The van der Waals surface area contributed by atoms with Gasteiger partial charge >= 0.3 is 0 Å². The van der Waals surface area contributed by atoms with Crippen molar-refractivity contribution in [1.82, 2.24) is 10.1 Å². The molecule has 134 valence electrons. The monoisotopic (exact) mass is 370 g/mol. The van der Waals surface area contributed by atoms with Crippen molar-refractivity contribution in [2.24, 2.45) is 0 Å². The molecule has 8 heteroatoms. The van der Waals surface area contributed by atoms with Crippen LogP contribution in [0.3, 0.4) is 0 Å². The highest BCUT2D eigenvalue weighted by atomic mass is 32.2. The molecule has 0 fully saturated rings. The molecule has 2 N–H and O–H groups in total. The predicted octanol–water partition coefficient (Wildman–Crippen LogP) is 3.23. The number of anilines is 2. The number of fused-ring (bicyclic) bond motifs is 1. The Morgan fingerprint density at radius 3 is 2.85 bits per heavy atom. The topological polar surface area (TPSA) is 97.1 Å². The number of carbonyl (C=O) groups excluding carboxylic acids is 2. The number of nitrogens with one attached hydrogen (secondary N) is 2. The molecule has 0 saturated heterocycles. The third-order valence-corrected chi connectivity index (χ3v) is 4.78. The summed E-state index contributed by atoms with van der Waals surface area (Å²) in [4.78, 5) is 28.6. The Morgan fingerprint density at radius 2 is 2.08 bits per heavy atom. The van der Waals surface area contributed by atoms with E-state index in [0.29, 0.717) is 17.3 Å². The van der Waals surface area contributed by atoms with E-state index in [2.05, 4.69) is 20.8 Å². The van der Waals surface area contributed by atoms with Gasteiger partial charge in [0.15, 0.2) is 5.82 Å². The quantitative estimate of drug-likeness (QED) is 0.691. The normalized spacial score (nSPS) is 11.9. The van der Waals surface area contributed by atoms with Crippen LogP contribution in [0.4, 0.5) is 11.5 Å². The van der Waals surface area contributed by atoms with Crippen molar-refractivity contribution >= 4 is 46.0 Å². The Balaban J connectivity index is 1.54. The minimum Gasteiger partial charge on any atom is -0.360 e. The van der Waals surface area contributed by atoms with Gasteiger partial charge in [0.05, 0.1) is 22.2 Å². The zero-order valence-electron chi connectivity index (χ0n) is 14.4. The molecule has 2 heterocycles. The smallest absolute Gasteiger partial charge is 0.238 e. The number of amides is 2. The molecule has 0 bridgehead atoms. The van der Waals surface area contributed by atoms with Gasteiger partial charge in [-0.3, -0.25) is 14.6 Å². The first-order chi connectivity index (χ1) is 12.5. The minimum atomic E-state index is -0.410. The fraction of sp³-hybridized carbons (Fsp3) is 0.222. The molecule has 3 rings (SSSR count). The zero-order chi connectivity index (χ0) is 18.5. The summed E-state index contributed by atoms with van der Waals surface area (Å²) in [6.07, 6.45) is 1.71. The van der Waals surface area contributed by atoms with Crippen LogP contribution in [0, 0.1) is 6.92 Å². The highest BCUT2D eigenvalue weighted by Crippen LogP contribution is 2.22. The average Bonchev–Trinajstić information content (AvgIpc) is 3.04. The summed E-state index contributed by atoms with van der Waals surface area (Å²) in [5.41, 5.74) is 1.52. The van der Waals surface area contributed by atoms with Gasteiger partial charge in [0.2, 0.25) is 11.8 Å². The molecule has 1 aromatic carbocycles. The van der Waals surface area contributed by atoms with Crippen LogP contribution < -0.4 is 10.6 Å². The van der Waals surface area contributed by atoms with Crippen LogP contribution in [-0.2, 0) is 9.59 Å². The van der Waals surface area contributed by atoms with Crippen LogP contribution in [0.1, 0.15) is 12.7 Å². The number of carbonyl (C=O) groups is 2. The largest absolute Gasteiger partial charge is 0.360 e. The molecule has 0 aliphatic rings. The maximum absolute atomic E-state index is 12.2. The number of hydrogen-bond acceptors (Lipinski definition) is 6. The van der Waals surface area contributed by atoms with Crippen LogP contribution in [0.5, 0.6) is 0 Å². The van der Waals surface area contributed by atoms with Crippen LogP contribution in [0.25, 0.3) is 10.9 Å². The number of thioether (sulfide) groups is 1. The second kappa shape index (κ2) is 8.01. The number of pyridine rings is 1. The average molecular weight is 370 g/mol. The van der Waals surface area contributed by atoms with E-state index in [0.717, 1.165) is 10.9 Å². The lowest BCUT2D eigenvalue weighted by atomic mass is 10.2. The number of nitrogens with zero attached hydrogens (tertiary/aromatic N) is 2. The molecule has 0 aliphatic heterocycles. The van der Waals surface area contributed by atoms with E-state index in [9.17, 15) is 9.59 Å². The van der Waals surface area contributed by atoms with E-state index >= 15 is 0 Å². The SMILES string of the molecule is Cc1cc(NC(=O)[C@H](C)SCC(=O)Nc2cccc3ncccc23)no1.